The Kier molecular flexibility index (Phi) is 3.61. The normalized spacial score (nSPS) is 10.2. The zero-order chi connectivity index (χ0) is 14.0. The van der Waals surface area contributed by atoms with Gasteiger partial charge in [-0.3, -0.25) is 4.79 Å². The standard InChI is InChI=1S/C11H9BrN4O3/c1-15-8(4-5-9(15)16(18)19)11(17)14-7-3-2-6-13-10(7)12/h2-6H,1H3,(H,14,17). The number of nitrogens with one attached hydrogen (secondary N) is 1. The van der Waals surface area contributed by atoms with Gasteiger partial charge in [-0.1, -0.05) is 0 Å². The molecule has 0 radical (unpaired) electrons. The fourth-order valence-electron chi connectivity index (χ4n) is 1.58. The Morgan fingerprint density at radius 1 is 1.47 bits per heavy atom. The summed E-state index contributed by atoms with van der Waals surface area (Å²) >= 11 is 3.20. The van der Waals surface area contributed by atoms with Crippen LogP contribution in [0.3, 0.4) is 0 Å². The van der Waals surface area contributed by atoms with Gasteiger partial charge in [0, 0.05) is 12.3 Å². The lowest BCUT2D eigenvalue weighted by molar-refractivity contribution is -0.391. The van der Waals surface area contributed by atoms with E-state index in [0.29, 0.717) is 10.3 Å². The molecule has 8 heteroatoms. The van der Waals surface area contributed by atoms with Crippen LogP contribution in [0.5, 0.6) is 0 Å². The average Bonchev–Trinajstić information content (AvgIpc) is 2.74. The molecule has 0 aliphatic rings. The number of amides is 1. The molecule has 19 heavy (non-hydrogen) atoms. The molecule has 0 fully saturated rings. The van der Waals surface area contributed by atoms with Gasteiger partial charge >= 0.3 is 5.82 Å². The number of pyridine rings is 1. The number of halogens is 1. The van der Waals surface area contributed by atoms with Crippen molar-refractivity contribution >= 4 is 33.3 Å². The fraction of sp³-hybridized carbons (Fsp3) is 0.0909. The molecule has 2 heterocycles. The maximum Gasteiger partial charge on any atom is 0.323 e. The van der Waals surface area contributed by atoms with Crippen LogP contribution in [0.25, 0.3) is 0 Å². The van der Waals surface area contributed by atoms with E-state index in [1.54, 1.807) is 18.3 Å². The Morgan fingerprint density at radius 3 is 2.79 bits per heavy atom. The molecular formula is C11H9BrN4O3. The van der Waals surface area contributed by atoms with E-state index in [2.05, 4.69) is 26.2 Å². The van der Waals surface area contributed by atoms with E-state index in [4.69, 9.17) is 0 Å². The third-order valence-corrected chi connectivity index (χ3v) is 3.15. The van der Waals surface area contributed by atoms with E-state index in [9.17, 15) is 14.9 Å². The summed E-state index contributed by atoms with van der Waals surface area (Å²) in [6.07, 6.45) is 1.58. The molecule has 0 spiro atoms. The van der Waals surface area contributed by atoms with E-state index >= 15 is 0 Å². The van der Waals surface area contributed by atoms with Gasteiger partial charge in [0.05, 0.1) is 12.7 Å². The van der Waals surface area contributed by atoms with Gasteiger partial charge < -0.3 is 15.4 Å². The quantitative estimate of drug-likeness (QED) is 0.533. The van der Waals surface area contributed by atoms with E-state index in [0.717, 1.165) is 0 Å². The highest BCUT2D eigenvalue weighted by atomic mass is 79.9. The molecule has 0 aliphatic carbocycles. The maximum atomic E-state index is 12.0. The van der Waals surface area contributed by atoms with Crippen molar-refractivity contribution < 1.29 is 9.72 Å². The van der Waals surface area contributed by atoms with Crippen molar-refractivity contribution in [2.24, 2.45) is 7.05 Å². The topological polar surface area (TPSA) is 90.1 Å². The minimum absolute atomic E-state index is 0.143. The SMILES string of the molecule is Cn1c(C(=O)Nc2cccnc2Br)ccc1[N+](=O)[O-]. The van der Waals surface area contributed by atoms with Crippen molar-refractivity contribution in [1.29, 1.82) is 0 Å². The van der Waals surface area contributed by atoms with E-state index in [-0.39, 0.29) is 11.5 Å². The summed E-state index contributed by atoms with van der Waals surface area (Å²) in [4.78, 5) is 26.1. The van der Waals surface area contributed by atoms with Crippen molar-refractivity contribution in [3.63, 3.8) is 0 Å². The van der Waals surface area contributed by atoms with Crippen LogP contribution in [-0.2, 0) is 7.05 Å². The second-order valence-electron chi connectivity index (χ2n) is 3.69. The largest absolute Gasteiger partial charge is 0.358 e. The van der Waals surface area contributed by atoms with Gasteiger partial charge in [0.1, 0.15) is 4.60 Å². The molecule has 0 unspecified atom stereocenters. The van der Waals surface area contributed by atoms with Crippen LogP contribution in [0.4, 0.5) is 11.5 Å². The zero-order valence-corrected chi connectivity index (χ0v) is 11.4. The number of hydrogen-bond acceptors (Lipinski definition) is 4. The Bertz CT molecular complexity index is 653. The van der Waals surface area contributed by atoms with Crippen molar-refractivity contribution in [2.75, 3.05) is 5.32 Å². The molecule has 0 bridgehead atoms. The van der Waals surface area contributed by atoms with Crippen molar-refractivity contribution in [3.8, 4) is 0 Å². The first-order valence-electron chi connectivity index (χ1n) is 5.22. The van der Waals surface area contributed by atoms with Crippen molar-refractivity contribution in [2.45, 2.75) is 0 Å². The number of hydrogen-bond donors (Lipinski definition) is 1. The third-order valence-electron chi connectivity index (χ3n) is 2.52. The van der Waals surface area contributed by atoms with Gasteiger partial charge in [-0.15, -0.1) is 0 Å². The second kappa shape index (κ2) is 5.19. The first-order valence-corrected chi connectivity index (χ1v) is 6.02. The van der Waals surface area contributed by atoms with Crippen LogP contribution < -0.4 is 5.32 Å². The molecule has 1 N–H and O–H groups in total. The minimum Gasteiger partial charge on any atom is -0.358 e. The minimum atomic E-state index is -0.545. The molecule has 1 amide bonds. The summed E-state index contributed by atoms with van der Waals surface area (Å²) in [6, 6.07) is 6.03. The highest BCUT2D eigenvalue weighted by molar-refractivity contribution is 9.10. The summed E-state index contributed by atoms with van der Waals surface area (Å²) in [5.74, 6) is -0.584. The molecule has 0 atom stereocenters. The predicted molar refractivity (Wildman–Crippen MR) is 72.0 cm³/mol. The molecule has 0 aromatic carbocycles. The van der Waals surface area contributed by atoms with Gasteiger partial charge in [0.2, 0.25) is 0 Å². The molecule has 2 aromatic rings. The Hall–Kier alpha value is -2.22. The van der Waals surface area contributed by atoms with Crippen LogP contribution >= 0.6 is 15.9 Å². The van der Waals surface area contributed by atoms with Crippen molar-refractivity contribution in [3.05, 3.63) is 50.9 Å². The van der Waals surface area contributed by atoms with Gasteiger partial charge in [0.25, 0.3) is 5.91 Å². The fourth-order valence-corrected chi connectivity index (χ4v) is 1.93. The first-order chi connectivity index (χ1) is 9.00. The summed E-state index contributed by atoms with van der Waals surface area (Å²) in [5, 5.41) is 13.3. The Morgan fingerprint density at radius 2 is 2.21 bits per heavy atom. The molecule has 0 saturated carbocycles. The second-order valence-corrected chi connectivity index (χ2v) is 4.44. The number of aromatic nitrogens is 2. The smallest absolute Gasteiger partial charge is 0.323 e. The molecule has 2 aromatic heterocycles. The van der Waals surface area contributed by atoms with Gasteiger partial charge in [-0.05, 0) is 39.1 Å². The monoisotopic (exact) mass is 324 g/mol. The molecule has 2 rings (SSSR count). The third kappa shape index (κ3) is 2.63. The van der Waals surface area contributed by atoms with Crippen LogP contribution in [0, 0.1) is 10.1 Å². The average molecular weight is 325 g/mol. The van der Waals surface area contributed by atoms with E-state index in [1.165, 1.54) is 23.7 Å². The van der Waals surface area contributed by atoms with Crippen LogP contribution in [0.15, 0.2) is 35.1 Å². The molecule has 0 aliphatic heterocycles. The molecule has 98 valence electrons. The number of carbonyl (C=O) groups excluding carboxylic acids is 1. The summed E-state index contributed by atoms with van der Waals surface area (Å²) in [6.45, 7) is 0. The number of rotatable bonds is 3. The Labute approximate surface area is 116 Å². The number of nitro groups is 1. The van der Waals surface area contributed by atoms with Crippen molar-refractivity contribution in [1.82, 2.24) is 9.55 Å². The zero-order valence-electron chi connectivity index (χ0n) is 9.83. The van der Waals surface area contributed by atoms with Gasteiger partial charge in [-0.25, -0.2) is 9.55 Å². The van der Waals surface area contributed by atoms with Crippen LogP contribution in [-0.4, -0.2) is 20.4 Å². The molecular weight excluding hydrogens is 316 g/mol. The number of carbonyl (C=O) groups is 1. The van der Waals surface area contributed by atoms with E-state index < -0.39 is 10.8 Å². The number of anilines is 1. The molecule has 0 saturated heterocycles. The number of nitrogens with zero attached hydrogens (tertiary/aromatic N) is 3. The highest BCUT2D eigenvalue weighted by Crippen LogP contribution is 2.20. The van der Waals surface area contributed by atoms with Crippen LogP contribution in [0.2, 0.25) is 0 Å². The van der Waals surface area contributed by atoms with Gasteiger partial charge in [0.15, 0.2) is 5.69 Å². The van der Waals surface area contributed by atoms with Gasteiger partial charge in [-0.2, -0.15) is 0 Å². The van der Waals surface area contributed by atoms with Crippen LogP contribution in [0.1, 0.15) is 10.5 Å². The Balaban J connectivity index is 2.26. The maximum absolute atomic E-state index is 12.0. The summed E-state index contributed by atoms with van der Waals surface area (Å²) in [7, 11) is 1.46. The lowest BCUT2D eigenvalue weighted by Gasteiger charge is -2.05. The van der Waals surface area contributed by atoms with E-state index in [1.807, 2.05) is 0 Å². The molecule has 7 nitrogen and oxygen atoms in total. The summed E-state index contributed by atoms with van der Waals surface area (Å²) in [5.41, 5.74) is 0.693. The first kappa shape index (κ1) is 13.2. The highest BCUT2D eigenvalue weighted by Gasteiger charge is 2.21. The predicted octanol–water partition coefficient (Wildman–Crippen LogP) is 2.34. The lowest BCUT2D eigenvalue weighted by atomic mass is 10.3. The summed E-state index contributed by atoms with van der Waals surface area (Å²) < 4.78 is 1.71. The lowest BCUT2D eigenvalue weighted by Crippen LogP contribution is -2.16.